The number of hydrogen-bond acceptors (Lipinski definition) is 5. The van der Waals surface area contributed by atoms with Crippen LogP contribution in [0.15, 0.2) is 47.3 Å². The molecule has 10 nitrogen and oxygen atoms in total. The molecular formula is C27H29FN4O6. The molecule has 2 saturated heterocycles. The van der Waals surface area contributed by atoms with Crippen LogP contribution in [0, 0.1) is 0 Å². The molecule has 38 heavy (non-hydrogen) atoms. The molecule has 1 N–H and O–H groups in total. The molecular weight excluding hydrogens is 495 g/mol. The second-order valence-electron chi connectivity index (χ2n) is 9.79. The van der Waals surface area contributed by atoms with Crippen LogP contribution in [0.3, 0.4) is 0 Å². The summed E-state index contributed by atoms with van der Waals surface area (Å²) in [5.74, 6) is -0.701. The van der Waals surface area contributed by atoms with E-state index in [0.717, 1.165) is 10.5 Å². The van der Waals surface area contributed by atoms with Crippen molar-refractivity contribution in [3.05, 3.63) is 64.1 Å². The number of para-hydroxylation sites is 1. The molecule has 0 radical (unpaired) electrons. The summed E-state index contributed by atoms with van der Waals surface area (Å²) in [6, 6.07) is 11.4. The summed E-state index contributed by atoms with van der Waals surface area (Å²) in [7, 11) is 3.13. The Bertz CT molecular complexity index is 1460. The summed E-state index contributed by atoms with van der Waals surface area (Å²) in [4.78, 5) is 53.4. The molecule has 0 bridgehead atoms. The number of fused-ring (bicyclic) bond motifs is 1. The first kappa shape index (κ1) is 25.5. The van der Waals surface area contributed by atoms with Gasteiger partial charge in [0, 0.05) is 25.9 Å². The van der Waals surface area contributed by atoms with E-state index in [1.165, 1.54) is 14.0 Å². The van der Waals surface area contributed by atoms with Crippen LogP contribution in [-0.4, -0.2) is 68.3 Å². The summed E-state index contributed by atoms with van der Waals surface area (Å²) in [5.41, 5.74) is 1.93. The molecule has 2 fully saturated rings. The fraction of sp³-hybridized carbons (Fsp3) is 0.407. The van der Waals surface area contributed by atoms with Crippen LogP contribution < -0.4 is 10.4 Å². The van der Waals surface area contributed by atoms with Crippen LogP contribution in [0.1, 0.15) is 42.3 Å². The van der Waals surface area contributed by atoms with E-state index >= 15 is 4.39 Å². The molecule has 200 valence electrons. The van der Waals surface area contributed by atoms with Crippen LogP contribution in [0.4, 0.5) is 9.18 Å². The van der Waals surface area contributed by atoms with E-state index in [1.54, 1.807) is 56.6 Å². The lowest BCUT2D eigenvalue weighted by molar-refractivity contribution is -0.151. The van der Waals surface area contributed by atoms with Crippen molar-refractivity contribution in [2.45, 2.75) is 43.9 Å². The number of benzene rings is 2. The molecule has 3 amide bonds. The first-order valence-electron chi connectivity index (χ1n) is 12.5. The molecule has 3 heterocycles. The van der Waals surface area contributed by atoms with Gasteiger partial charge >= 0.3 is 11.8 Å². The Morgan fingerprint density at radius 3 is 2.50 bits per heavy atom. The molecule has 5 rings (SSSR count). The number of methoxy groups -OCH3 is 1. The quantitative estimate of drug-likeness (QED) is 0.514. The SMILES string of the molecule is COc1ccc(CN2C(=O)CCC(n3c(=O)n(C)c4c([C@@H]5CCN(C(=O)O)C[C@H]5F)cccc43)C2=O)cc1. The van der Waals surface area contributed by atoms with Gasteiger partial charge < -0.3 is 14.7 Å². The molecule has 1 unspecified atom stereocenters. The lowest BCUT2D eigenvalue weighted by atomic mass is 9.87. The Hall–Kier alpha value is -4.15. The van der Waals surface area contributed by atoms with Gasteiger partial charge in [0.15, 0.2) is 0 Å². The molecule has 11 heteroatoms. The zero-order chi connectivity index (χ0) is 27.1. The number of nitrogens with zero attached hydrogens (tertiary/aromatic N) is 4. The number of aryl methyl sites for hydroxylation is 1. The van der Waals surface area contributed by atoms with Crippen molar-refractivity contribution in [1.29, 1.82) is 0 Å². The number of hydrogen-bond donors (Lipinski definition) is 1. The molecule has 0 spiro atoms. The number of halogens is 1. The number of imidazole rings is 1. The summed E-state index contributed by atoms with van der Waals surface area (Å²) in [5, 5.41) is 9.24. The number of piperidine rings is 2. The Balaban J connectivity index is 1.49. The second-order valence-corrected chi connectivity index (χ2v) is 9.79. The van der Waals surface area contributed by atoms with Crippen LogP contribution in [0.5, 0.6) is 5.75 Å². The first-order chi connectivity index (χ1) is 18.2. The van der Waals surface area contributed by atoms with Gasteiger partial charge in [0.2, 0.25) is 5.91 Å². The van der Waals surface area contributed by atoms with Crippen molar-refractivity contribution in [1.82, 2.24) is 18.9 Å². The number of carbonyl (C=O) groups is 3. The topological polar surface area (TPSA) is 114 Å². The third-order valence-electron chi connectivity index (χ3n) is 7.64. The van der Waals surface area contributed by atoms with Gasteiger partial charge in [-0.2, -0.15) is 0 Å². The maximum absolute atomic E-state index is 15.2. The number of aromatic nitrogens is 2. The molecule has 3 atom stereocenters. The van der Waals surface area contributed by atoms with Crippen LogP contribution in [-0.2, 0) is 23.2 Å². The van der Waals surface area contributed by atoms with E-state index in [-0.39, 0.29) is 44.8 Å². The number of imide groups is 1. The Morgan fingerprint density at radius 1 is 1.11 bits per heavy atom. The lowest BCUT2D eigenvalue weighted by Crippen LogP contribution is -2.47. The first-order valence-corrected chi connectivity index (χ1v) is 12.5. The average molecular weight is 525 g/mol. The number of likely N-dealkylation sites (tertiary alicyclic amines) is 2. The Labute approximate surface area is 217 Å². The monoisotopic (exact) mass is 524 g/mol. The van der Waals surface area contributed by atoms with Gasteiger partial charge in [0.1, 0.15) is 18.0 Å². The van der Waals surface area contributed by atoms with Gasteiger partial charge in [-0.15, -0.1) is 0 Å². The smallest absolute Gasteiger partial charge is 0.407 e. The number of rotatable bonds is 5. The summed E-state index contributed by atoms with van der Waals surface area (Å²) >= 11 is 0. The highest BCUT2D eigenvalue weighted by Crippen LogP contribution is 2.36. The van der Waals surface area contributed by atoms with Crippen molar-refractivity contribution >= 4 is 28.9 Å². The summed E-state index contributed by atoms with van der Waals surface area (Å²) in [6.45, 7) is 0.0260. The van der Waals surface area contributed by atoms with Crippen LogP contribution >= 0.6 is 0 Å². The van der Waals surface area contributed by atoms with E-state index in [0.29, 0.717) is 22.3 Å². The van der Waals surface area contributed by atoms with Crippen LogP contribution in [0.25, 0.3) is 11.0 Å². The third-order valence-corrected chi connectivity index (χ3v) is 7.64. The van der Waals surface area contributed by atoms with E-state index in [1.807, 2.05) is 0 Å². The molecule has 2 aromatic carbocycles. The van der Waals surface area contributed by atoms with Gasteiger partial charge in [0.05, 0.1) is 31.2 Å². The highest BCUT2D eigenvalue weighted by Gasteiger charge is 2.39. The van der Waals surface area contributed by atoms with E-state index in [2.05, 4.69) is 0 Å². The standard InChI is InChI=1S/C27H29FN4O6/c1-29-24-19(18-12-13-30(27(36)37)15-20(18)28)4-3-5-21(24)32(26(29)35)22-10-11-23(33)31(25(22)34)14-16-6-8-17(38-2)9-7-16/h3-9,18,20,22H,10-15H2,1-2H3,(H,36,37)/t18-,20+,22?/m0/s1. The Morgan fingerprint density at radius 2 is 1.84 bits per heavy atom. The zero-order valence-electron chi connectivity index (χ0n) is 21.2. The van der Waals surface area contributed by atoms with Crippen molar-refractivity contribution in [2.24, 2.45) is 7.05 Å². The summed E-state index contributed by atoms with van der Waals surface area (Å²) in [6.07, 6.45) is -2.03. The molecule has 0 saturated carbocycles. The van der Waals surface area contributed by atoms with Gasteiger partial charge in [-0.3, -0.25) is 23.6 Å². The maximum atomic E-state index is 15.2. The number of amides is 3. The second kappa shape index (κ2) is 9.96. The van der Waals surface area contributed by atoms with Gasteiger partial charge in [-0.25, -0.2) is 14.0 Å². The minimum absolute atomic E-state index is 0.0780. The molecule has 2 aliphatic rings. The van der Waals surface area contributed by atoms with E-state index in [9.17, 15) is 24.3 Å². The van der Waals surface area contributed by atoms with Crippen molar-refractivity contribution in [3.8, 4) is 5.75 Å². The van der Waals surface area contributed by atoms with Gasteiger partial charge in [0.25, 0.3) is 5.91 Å². The predicted octanol–water partition coefficient (Wildman–Crippen LogP) is 3.04. The molecule has 1 aromatic heterocycles. The highest BCUT2D eigenvalue weighted by atomic mass is 19.1. The largest absolute Gasteiger partial charge is 0.497 e. The fourth-order valence-corrected chi connectivity index (χ4v) is 5.64. The minimum Gasteiger partial charge on any atom is -0.497 e. The molecule has 2 aliphatic heterocycles. The fourth-order valence-electron chi connectivity index (χ4n) is 5.64. The predicted molar refractivity (Wildman–Crippen MR) is 136 cm³/mol. The number of carboxylic acid groups (broad SMARTS) is 1. The van der Waals surface area contributed by atoms with Crippen molar-refractivity contribution < 1.29 is 28.6 Å². The molecule has 3 aromatic rings. The van der Waals surface area contributed by atoms with E-state index in [4.69, 9.17) is 4.74 Å². The van der Waals surface area contributed by atoms with Crippen molar-refractivity contribution in [2.75, 3.05) is 20.2 Å². The minimum atomic E-state index is -1.43. The van der Waals surface area contributed by atoms with Gasteiger partial charge in [-0.1, -0.05) is 24.3 Å². The summed E-state index contributed by atoms with van der Waals surface area (Å²) < 4.78 is 23.2. The highest BCUT2D eigenvalue weighted by molar-refractivity contribution is 6.00. The third kappa shape index (κ3) is 4.31. The van der Waals surface area contributed by atoms with E-state index < -0.39 is 35.8 Å². The van der Waals surface area contributed by atoms with Gasteiger partial charge in [-0.05, 0) is 42.2 Å². The lowest BCUT2D eigenvalue weighted by Gasteiger charge is -2.33. The number of alkyl halides is 1. The normalized spacial score (nSPS) is 22.2. The maximum Gasteiger partial charge on any atom is 0.407 e. The van der Waals surface area contributed by atoms with Crippen LogP contribution in [0.2, 0.25) is 0 Å². The van der Waals surface area contributed by atoms with Crippen molar-refractivity contribution in [3.63, 3.8) is 0 Å². The number of ether oxygens (including phenoxy) is 1. The molecule has 0 aliphatic carbocycles. The average Bonchev–Trinajstić information content (AvgIpc) is 3.16. The Kier molecular flexibility index (Phi) is 6.68. The number of carbonyl (C=O) groups excluding carboxylic acids is 2. The zero-order valence-corrected chi connectivity index (χ0v) is 21.2.